The first-order valence-electron chi connectivity index (χ1n) is 15.7. The van der Waals surface area contributed by atoms with Gasteiger partial charge in [-0.25, -0.2) is 15.0 Å². The Morgan fingerprint density at radius 2 is 1.82 bits per heavy atom. The minimum absolute atomic E-state index is 0.00435. The highest BCUT2D eigenvalue weighted by atomic mass is 16.7. The Morgan fingerprint density at radius 1 is 1.02 bits per heavy atom. The smallest absolute Gasteiger partial charge is 0.247 e. The molecule has 5 heterocycles. The van der Waals surface area contributed by atoms with E-state index >= 15 is 0 Å². The fraction of sp³-hybridized carbons (Fsp3) is 0.455. The third-order valence-electron chi connectivity index (χ3n) is 8.99. The van der Waals surface area contributed by atoms with Crippen LogP contribution in [-0.2, 0) is 9.63 Å². The van der Waals surface area contributed by atoms with Gasteiger partial charge < -0.3 is 25.2 Å². The number of hydrogen-bond acceptors (Lipinski definition) is 11. The van der Waals surface area contributed by atoms with Crippen LogP contribution in [0.4, 0.5) is 28.7 Å². The largest absolute Gasteiger partial charge is 0.494 e. The van der Waals surface area contributed by atoms with Gasteiger partial charge in [-0.1, -0.05) is 12.6 Å². The number of methoxy groups -OCH3 is 1. The standard InChI is InChI=1S/C33H43N9O3/c1-5-33(43)38-26-18-27(30(44-4)19-29(26)41-15-13-40(14-16-41)25-8-11-39(3)12-9-25)37-31-20-32(36-22-35-31)42-28(10-17-45-42)24-7-6-23(2)34-21-24/h5-7,18-22,25,28H,1,8-17H2,2-4H3,(H,38,43)(H,35,36,37)/t28-/m1/s1. The number of hydroxylamine groups is 1. The van der Waals surface area contributed by atoms with E-state index in [0.29, 0.717) is 41.4 Å². The number of benzene rings is 1. The fourth-order valence-corrected chi connectivity index (χ4v) is 6.42. The first-order valence-corrected chi connectivity index (χ1v) is 15.7. The number of rotatable bonds is 9. The summed E-state index contributed by atoms with van der Waals surface area (Å²) in [5, 5.41) is 8.22. The molecule has 1 amide bonds. The lowest BCUT2D eigenvalue weighted by Gasteiger charge is -2.43. The molecule has 45 heavy (non-hydrogen) atoms. The van der Waals surface area contributed by atoms with Crippen LogP contribution < -0.4 is 25.3 Å². The Bertz CT molecular complexity index is 1490. The van der Waals surface area contributed by atoms with Crippen LogP contribution in [0.3, 0.4) is 0 Å². The molecule has 3 aromatic rings. The second-order valence-corrected chi connectivity index (χ2v) is 11.9. The van der Waals surface area contributed by atoms with Crippen molar-refractivity contribution >= 4 is 34.6 Å². The maximum Gasteiger partial charge on any atom is 0.247 e. The second-order valence-electron chi connectivity index (χ2n) is 11.9. The number of likely N-dealkylation sites (tertiary alicyclic amines) is 1. The Morgan fingerprint density at radius 3 is 2.53 bits per heavy atom. The summed E-state index contributed by atoms with van der Waals surface area (Å²) in [6.45, 7) is 12.2. The average molecular weight is 614 g/mol. The molecule has 0 saturated carbocycles. The third kappa shape index (κ3) is 7.03. The summed E-state index contributed by atoms with van der Waals surface area (Å²) in [4.78, 5) is 39.3. The molecule has 0 aliphatic carbocycles. The molecular weight excluding hydrogens is 570 g/mol. The van der Waals surface area contributed by atoms with E-state index < -0.39 is 0 Å². The molecule has 3 aliphatic rings. The number of ether oxygens (including phenoxy) is 1. The zero-order chi connectivity index (χ0) is 31.3. The number of nitrogens with one attached hydrogen (secondary N) is 2. The van der Waals surface area contributed by atoms with Crippen molar-refractivity contribution in [3.8, 4) is 5.75 Å². The summed E-state index contributed by atoms with van der Waals surface area (Å²) >= 11 is 0. The summed E-state index contributed by atoms with van der Waals surface area (Å²) < 4.78 is 5.85. The van der Waals surface area contributed by atoms with Crippen LogP contribution in [0.25, 0.3) is 0 Å². The molecular formula is C33H43N9O3. The second kappa shape index (κ2) is 13.8. The number of aromatic nitrogens is 3. The maximum absolute atomic E-state index is 12.5. The van der Waals surface area contributed by atoms with Crippen LogP contribution >= 0.6 is 0 Å². The van der Waals surface area contributed by atoms with Crippen LogP contribution in [0.5, 0.6) is 5.75 Å². The van der Waals surface area contributed by atoms with Crippen molar-refractivity contribution in [1.29, 1.82) is 0 Å². The van der Waals surface area contributed by atoms with Crippen molar-refractivity contribution in [3.05, 3.63) is 66.8 Å². The van der Waals surface area contributed by atoms with E-state index in [0.717, 1.165) is 62.6 Å². The number of nitrogens with zero attached hydrogens (tertiary/aromatic N) is 7. The van der Waals surface area contributed by atoms with Gasteiger partial charge >= 0.3 is 0 Å². The summed E-state index contributed by atoms with van der Waals surface area (Å²) in [6.07, 6.45) is 7.93. The minimum Gasteiger partial charge on any atom is -0.494 e. The number of carbonyl (C=O) groups is 1. The van der Waals surface area contributed by atoms with Gasteiger partial charge in [0.2, 0.25) is 5.91 Å². The highest BCUT2D eigenvalue weighted by Gasteiger charge is 2.30. The number of piperazine rings is 1. The van der Waals surface area contributed by atoms with E-state index in [1.807, 2.05) is 42.4 Å². The van der Waals surface area contributed by atoms with Gasteiger partial charge in [0.1, 0.15) is 17.9 Å². The van der Waals surface area contributed by atoms with Crippen LogP contribution in [0.2, 0.25) is 0 Å². The molecule has 0 unspecified atom stereocenters. The highest BCUT2D eigenvalue weighted by molar-refractivity contribution is 6.02. The molecule has 12 heteroatoms. The Balaban J connectivity index is 1.22. The molecule has 238 valence electrons. The van der Waals surface area contributed by atoms with E-state index in [9.17, 15) is 4.79 Å². The molecule has 2 N–H and O–H groups in total. The number of piperidine rings is 1. The normalized spacial score (nSPS) is 19.8. The van der Waals surface area contributed by atoms with Gasteiger partial charge in [-0.05, 0) is 63.7 Å². The summed E-state index contributed by atoms with van der Waals surface area (Å²) in [7, 11) is 3.85. The first kappa shape index (κ1) is 30.8. The Kier molecular flexibility index (Phi) is 9.43. The van der Waals surface area contributed by atoms with Crippen molar-refractivity contribution in [2.24, 2.45) is 0 Å². The summed E-state index contributed by atoms with van der Waals surface area (Å²) in [5.74, 6) is 1.56. The van der Waals surface area contributed by atoms with Gasteiger partial charge in [0, 0.05) is 62.7 Å². The lowest BCUT2D eigenvalue weighted by atomic mass is 10.0. The molecule has 2 aromatic heterocycles. The van der Waals surface area contributed by atoms with Crippen molar-refractivity contribution in [2.75, 3.05) is 80.6 Å². The molecule has 12 nitrogen and oxygen atoms in total. The zero-order valence-electron chi connectivity index (χ0n) is 26.4. The van der Waals surface area contributed by atoms with Crippen LogP contribution in [0, 0.1) is 6.92 Å². The Labute approximate surface area is 265 Å². The topological polar surface area (TPSA) is 111 Å². The quantitative estimate of drug-likeness (QED) is 0.340. The zero-order valence-corrected chi connectivity index (χ0v) is 26.4. The Hall–Kier alpha value is -4.26. The number of amides is 1. The van der Waals surface area contributed by atoms with E-state index in [-0.39, 0.29) is 11.9 Å². The number of hydrogen-bond donors (Lipinski definition) is 2. The molecule has 0 bridgehead atoms. The summed E-state index contributed by atoms with van der Waals surface area (Å²) in [5.41, 5.74) is 4.30. The minimum atomic E-state index is -0.274. The van der Waals surface area contributed by atoms with Gasteiger partial charge in [-0.15, -0.1) is 0 Å². The van der Waals surface area contributed by atoms with E-state index in [1.54, 1.807) is 7.11 Å². The number of aryl methyl sites for hydroxylation is 1. The molecule has 0 spiro atoms. The van der Waals surface area contributed by atoms with Crippen molar-refractivity contribution in [3.63, 3.8) is 0 Å². The molecule has 1 aromatic carbocycles. The number of pyridine rings is 1. The molecule has 3 saturated heterocycles. The van der Waals surface area contributed by atoms with Crippen molar-refractivity contribution in [2.45, 2.75) is 38.3 Å². The molecule has 3 aliphatic heterocycles. The van der Waals surface area contributed by atoms with Crippen molar-refractivity contribution < 1.29 is 14.4 Å². The maximum atomic E-state index is 12.5. The van der Waals surface area contributed by atoms with Crippen molar-refractivity contribution in [1.82, 2.24) is 24.8 Å². The van der Waals surface area contributed by atoms with Crippen LogP contribution in [0.1, 0.15) is 36.6 Å². The predicted molar refractivity (Wildman–Crippen MR) is 176 cm³/mol. The molecule has 3 fully saturated rings. The van der Waals surface area contributed by atoms with Gasteiger partial charge in [-0.2, -0.15) is 0 Å². The number of anilines is 5. The van der Waals surface area contributed by atoms with Gasteiger partial charge in [0.25, 0.3) is 0 Å². The van der Waals surface area contributed by atoms with Crippen LogP contribution in [0.15, 0.2) is 55.5 Å². The monoisotopic (exact) mass is 613 g/mol. The lowest BCUT2D eigenvalue weighted by Crippen LogP contribution is -2.53. The fourth-order valence-electron chi connectivity index (χ4n) is 6.42. The van der Waals surface area contributed by atoms with Gasteiger partial charge in [0.05, 0.1) is 36.8 Å². The molecule has 6 rings (SSSR count). The van der Waals surface area contributed by atoms with E-state index in [1.165, 1.54) is 25.2 Å². The van der Waals surface area contributed by atoms with Gasteiger partial charge in [0.15, 0.2) is 5.82 Å². The van der Waals surface area contributed by atoms with Gasteiger partial charge in [-0.3, -0.25) is 19.5 Å². The third-order valence-corrected chi connectivity index (χ3v) is 8.99. The average Bonchev–Trinajstić information content (AvgIpc) is 3.56. The van der Waals surface area contributed by atoms with Crippen LogP contribution in [-0.4, -0.2) is 96.7 Å². The molecule has 1 atom stereocenters. The molecule has 0 radical (unpaired) electrons. The predicted octanol–water partition coefficient (Wildman–Crippen LogP) is 4.16. The SMILES string of the molecule is C=CC(=O)Nc1cc(Nc2cc(N3OCC[C@@H]3c3ccc(C)nc3)ncn2)c(OC)cc1N1CCN(C2CCN(C)CC2)CC1. The first-order chi connectivity index (χ1) is 21.9. The summed E-state index contributed by atoms with van der Waals surface area (Å²) in [6, 6.07) is 10.4. The van der Waals surface area contributed by atoms with E-state index in [2.05, 4.69) is 60.0 Å². The van der Waals surface area contributed by atoms with E-state index in [4.69, 9.17) is 9.57 Å². The lowest BCUT2D eigenvalue weighted by molar-refractivity contribution is -0.111. The number of carbonyl (C=O) groups excluding carboxylic acids is 1. The highest BCUT2D eigenvalue weighted by Crippen LogP contribution is 2.40.